The Labute approximate surface area is 134 Å². The fourth-order valence-electron chi connectivity index (χ4n) is 3.40. The molecule has 1 aliphatic heterocycles. The summed E-state index contributed by atoms with van der Waals surface area (Å²) >= 11 is 6.18. The van der Waals surface area contributed by atoms with E-state index in [9.17, 15) is 0 Å². The van der Waals surface area contributed by atoms with E-state index in [1.807, 2.05) is 6.07 Å². The minimum atomic E-state index is 0.164. The van der Waals surface area contributed by atoms with Gasteiger partial charge >= 0.3 is 0 Å². The average Bonchev–Trinajstić information content (AvgIpc) is 2.64. The Morgan fingerprint density at radius 3 is 2.67 bits per heavy atom. The molecule has 118 valence electrons. The zero-order chi connectivity index (χ0) is 15.4. The molecule has 0 saturated carbocycles. The Bertz CT molecular complexity index is 457. The second-order valence-corrected chi connectivity index (χ2v) is 7.31. The standard InChI is InChI=1S/C18H29ClN2/c1-13(2)15-5-4-9-21(10-8-15)18-7-6-17(19)12-16(18)11-14(3)20/h6-7,12-15H,4-5,8-11,20H2,1-3H3. The van der Waals surface area contributed by atoms with Crippen LogP contribution in [0.1, 0.15) is 45.6 Å². The first kappa shape index (κ1) is 16.6. The lowest BCUT2D eigenvalue weighted by atomic mass is 9.89. The summed E-state index contributed by atoms with van der Waals surface area (Å²) in [6.07, 6.45) is 4.81. The molecule has 2 rings (SSSR count). The number of nitrogens with two attached hydrogens (primary N) is 1. The first-order valence-electron chi connectivity index (χ1n) is 8.26. The Kier molecular flexibility index (Phi) is 5.95. The fourth-order valence-corrected chi connectivity index (χ4v) is 3.60. The molecule has 1 fully saturated rings. The smallest absolute Gasteiger partial charge is 0.0410 e. The average molecular weight is 309 g/mol. The number of nitrogens with zero attached hydrogens (tertiary/aromatic N) is 1. The molecule has 3 heteroatoms. The number of hydrogen-bond donors (Lipinski definition) is 1. The van der Waals surface area contributed by atoms with Crippen LogP contribution in [0.3, 0.4) is 0 Å². The van der Waals surface area contributed by atoms with Gasteiger partial charge < -0.3 is 10.6 Å². The van der Waals surface area contributed by atoms with E-state index in [4.69, 9.17) is 17.3 Å². The number of hydrogen-bond acceptors (Lipinski definition) is 2. The molecule has 0 amide bonds. The fraction of sp³-hybridized carbons (Fsp3) is 0.667. The highest BCUT2D eigenvalue weighted by Gasteiger charge is 2.21. The van der Waals surface area contributed by atoms with Crippen molar-refractivity contribution in [2.45, 2.75) is 52.5 Å². The van der Waals surface area contributed by atoms with Gasteiger partial charge in [-0.15, -0.1) is 0 Å². The van der Waals surface area contributed by atoms with Crippen molar-refractivity contribution >= 4 is 17.3 Å². The molecular weight excluding hydrogens is 280 g/mol. The van der Waals surface area contributed by atoms with Crippen LogP contribution < -0.4 is 10.6 Å². The van der Waals surface area contributed by atoms with Crippen LogP contribution >= 0.6 is 11.6 Å². The van der Waals surface area contributed by atoms with Gasteiger partial charge in [-0.3, -0.25) is 0 Å². The van der Waals surface area contributed by atoms with Crippen molar-refractivity contribution in [1.82, 2.24) is 0 Å². The van der Waals surface area contributed by atoms with Crippen molar-refractivity contribution in [3.05, 3.63) is 28.8 Å². The lowest BCUT2D eigenvalue weighted by molar-refractivity contribution is 0.351. The largest absolute Gasteiger partial charge is 0.371 e. The van der Waals surface area contributed by atoms with E-state index >= 15 is 0 Å². The van der Waals surface area contributed by atoms with Crippen LogP contribution in [-0.4, -0.2) is 19.1 Å². The van der Waals surface area contributed by atoms with E-state index in [0.29, 0.717) is 0 Å². The van der Waals surface area contributed by atoms with Crippen LogP contribution in [0.25, 0.3) is 0 Å². The number of anilines is 1. The normalized spacial score (nSPS) is 21.4. The van der Waals surface area contributed by atoms with Crippen LogP contribution in [0.5, 0.6) is 0 Å². The maximum atomic E-state index is 6.18. The highest BCUT2D eigenvalue weighted by atomic mass is 35.5. The van der Waals surface area contributed by atoms with Gasteiger partial charge in [-0.2, -0.15) is 0 Å². The molecule has 1 heterocycles. The van der Waals surface area contributed by atoms with Gasteiger partial charge in [0.05, 0.1) is 0 Å². The van der Waals surface area contributed by atoms with Crippen molar-refractivity contribution in [3.63, 3.8) is 0 Å². The molecule has 2 unspecified atom stereocenters. The van der Waals surface area contributed by atoms with E-state index in [1.165, 1.54) is 30.5 Å². The molecular formula is C18H29ClN2. The predicted octanol–water partition coefficient (Wildman–Crippen LogP) is 4.49. The molecule has 1 saturated heterocycles. The second-order valence-electron chi connectivity index (χ2n) is 6.88. The summed E-state index contributed by atoms with van der Waals surface area (Å²) in [7, 11) is 0. The first-order chi connectivity index (χ1) is 9.97. The van der Waals surface area contributed by atoms with Crippen molar-refractivity contribution in [2.75, 3.05) is 18.0 Å². The van der Waals surface area contributed by atoms with E-state index in [-0.39, 0.29) is 6.04 Å². The maximum absolute atomic E-state index is 6.18. The quantitative estimate of drug-likeness (QED) is 0.888. The third kappa shape index (κ3) is 4.62. The van der Waals surface area contributed by atoms with Crippen molar-refractivity contribution in [1.29, 1.82) is 0 Å². The molecule has 2 nitrogen and oxygen atoms in total. The number of rotatable bonds is 4. The number of halogens is 1. The summed E-state index contributed by atoms with van der Waals surface area (Å²) < 4.78 is 0. The summed E-state index contributed by atoms with van der Waals surface area (Å²) in [5.74, 6) is 1.65. The SMILES string of the molecule is CC(N)Cc1cc(Cl)ccc1N1CCCC(C(C)C)CC1. The lowest BCUT2D eigenvalue weighted by Crippen LogP contribution is -2.27. The summed E-state index contributed by atoms with van der Waals surface area (Å²) in [5, 5.41) is 0.810. The third-order valence-electron chi connectivity index (χ3n) is 4.64. The topological polar surface area (TPSA) is 29.3 Å². The molecule has 0 spiro atoms. The van der Waals surface area contributed by atoms with Gasteiger partial charge in [0.25, 0.3) is 0 Å². The van der Waals surface area contributed by atoms with E-state index in [0.717, 1.165) is 36.4 Å². The van der Waals surface area contributed by atoms with Crippen LogP contribution in [-0.2, 0) is 6.42 Å². The molecule has 1 aliphatic rings. The Hall–Kier alpha value is -0.730. The monoisotopic (exact) mass is 308 g/mol. The van der Waals surface area contributed by atoms with Gasteiger partial charge in [0.15, 0.2) is 0 Å². The number of benzene rings is 1. The Morgan fingerprint density at radius 1 is 1.24 bits per heavy atom. The summed E-state index contributed by atoms with van der Waals surface area (Å²) in [4.78, 5) is 2.54. The minimum Gasteiger partial charge on any atom is -0.371 e. The molecule has 0 aromatic heterocycles. The second kappa shape index (κ2) is 7.51. The van der Waals surface area contributed by atoms with Crippen LogP contribution in [0, 0.1) is 11.8 Å². The van der Waals surface area contributed by atoms with Gasteiger partial charge in [-0.1, -0.05) is 25.4 Å². The van der Waals surface area contributed by atoms with Gasteiger partial charge in [-0.05, 0) is 68.2 Å². The minimum absolute atomic E-state index is 0.164. The van der Waals surface area contributed by atoms with Crippen LogP contribution in [0.4, 0.5) is 5.69 Å². The zero-order valence-electron chi connectivity index (χ0n) is 13.6. The van der Waals surface area contributed by atoms with Gasteiger partial charge in [0.2, 0.25) is 0 Å². The Balaban J connectivity index is 2.17. The van der Waals surface area contributed by atoms with Crippen molar-refractivity contribution < 1.29 is 0 Å². The van der Waals surface area contributed by atoms with E-state index in [1.54, 1.807) is 0 Å². The third-order valence-corrected chi connectivity index (χ3v) is 4.87. The molecule has 2 N–H and O–H groups in total. The van der Waals surface area contributed by atoms with Crippen LogP contribution in [0.2, 0.25) is 5.02 Å². The predicted molar refractivity (Wildman–Crippen MR) is 93.2 cm³/mol. The molecule has 1 aromatic rings. The first-order valence-corrected chi connectivity index (χ1v) is 8.64. The highest BCUT2D eigenvalue weighted by Crippen LogP contribution is 2.30. The molecule has 2 atom stereocenters. The van der Waals surface area contributed by atoms with E-state index < -0.39 is 0 Å². The van der Waals surface area contributed by atoms with Crippen molar-refractivity contribution in [2.24, 2.45) is 17.6 Å². The van der Waals surface area contributed by atoms with E-state index in [2.05, 4.69) is 37.8 Å². The molecule has 1 aromatic carbocycles. The highest BCUT2D eigenvalue weighted by molar-refractivity contribution is 6.30. The van der Waals surface area contributed by atoms with Gasteiger partial charge in [-0.25, -0.2) is 0 Å². The van der Waals surface area contributed by atoms with Crippen molar-refractivity contribution in [3.8, 4) is 0 Å². The van der Waals surface area contributed by atoms with Crippen LogP contribution in [0.15, 0.2) is 18.2 Å². The molecule has 0 radical (unpaired) electrons. The summed E-state index contributed by atoms with van der Waals surface area (Å²) in [6.45, 7) is 9.06. The summed E-state index contributed by atoms with van der Waals surface area (Å²) in [6, 6.07) is 6.44. The van der Waals surface area contributed by atoms with Gasteiger partial charge in [0.1, 0.15) is 0 Å². The molecule has 0 bridgehead atoms. The van der Waals surface area contributed by atoms with Gasteiger partial charge in [0, 0.05) is 29.8 Å². The Morgan fingerprint density at radius 2 is 2.00 bits per heavy atom. The summed E-state index contributed by atoms with van der Waals surface area (Å²) in [5.41, 5.74) is 8.63. The zero-order valence-corrected chi connectivity index (χ0v) is 14.4. The molecule has 21 heavy (non-hydrogen) atoms. The maximum Gasteiger partial charge on any atom is 0.0410 e. The lowest BCUT2D eigenvalue weighted by Gasteiger charge is -2.27. The molecule has 0 aliphatic carbocycles.